The molecule has 160 valence electrons. The lowest BCUT2D eigenvalue weighted by atomic mass is 9.87. The summed E-state index contributed by atoms with van der Waals surface area (Å²) in [7, 11) is 0. The summed E-state index contributed by atoms with van der Waals surface area (Å²) in [6, 6.07) is 27.6. The van der Waals surface area contributed by atoms with Gasteiger partial charge in [0, 0.05) is 13.0 Å². The Morgan fingerprint density at radius 2 is 1.52 bits per heavy atom. The van der Waals surface area contributed by atoms with Crippen molar-refractivity contribution >= 4 is 11.0 Å². The summed E-state index contributed by atoms with van der Waals surface area (Å²) >= 11 is 0. The van der Waals surface area contributed by atoms with Gasteiger partial charge in [0.25, 0.3) is 0 Å². The van der Waals surface area contributed by atoms with E-state index >= 15 is 0 Å². The summed E-state index contributed by atoms with van der Waals surface area (Å²) in [5.74, 6) is 2.09. The van der Waals surface area contributed by atoms with Crippen LogP contribution < -0.4 is 4.74 Å². The summed E-state index contributed by atoms with van der Waals surface area (Å²) in [5.41, 5.74) is 5.12. The monoisotopic (exact) mass is 412 g/mol. The average Bonchev–Trinajstić information content (AvgIpc) is 3.13. The Balaban J connectivity index is 1.39. The fraction of sp³-hybridized carbons (Fsp3) is 0.321. The third-order valence-electron chi connectivity index (χ3n) is 5.73. The smallest absolute Gasteiger partial charge is 0.119 e. The van der Waals surface area contributed by atoms with Gasteiger partial charge in [-0.15, -0.1) is 0 Å². The molecule has 0 aliphatic heterocycles. The summed E-state index contributed by atoms with van der Waals surface area (Å²) in [6.07, 6.45) is 2.88. The van der Waals surface area contributed by atoms with E-state index in [1.807, 2.05) is 0 Å². The Labute approximate surface area is 185 Å². The first-order valence-electron chi connectivity index (χ1n) is 11.2. The van der Waals surface area contributed by atoms with E-state index in [4.69, 9.17) is 9.72 Å². The van der Waals surface area contributed by atoms with Crippen LogP contribution in [0.25, 0.3) is 11.0 Å². The van der Waals surface area contributed by atoms with Crippen molar-refractivity contribution in [2.75, 3.05) is 6.61 Å². The number of nitrogens with zero attached hydrogens (tertiary/aromatic N) is 2. The Hall–Kier alpha value is -3.07. The zero-order chi connectivity index (χ0) is 21.7. The van der Waals surface area contributed by atoms with Gasteiger partial charge in [0.1, 0.15) is 11.6 Å². The molecule has 0 bridgehead atoms. The van der Waals surface area contributed by atoms with Crippen LogP contribution >= 0.6 is 0 Å². The minimum absolute atomic E-state index is 0.164. The van der Waals surface area contributed by atoms with Crippen LogP contribution in [-0.2, 0) is 24.8 Å². The van der Waals surface area contributed by atoms with Crippen molar-refractivity contribution in [2.24, 2.45) is 0 Å². The molecule has 0 amide bonds. The first-order chi connectivity index (χ1) is 15.0. The minimum Gasteiger partial charge on any atom is -0.494 e. The number of aryl methyl sites for hydroxylation is 3. The zero-order valence-electron chi connectivity index (χ0n) is 18.8. The predicted molar refractivity (Wildman–Crippen MR) is 129 cm³/mol. The maximum Gasteiger partial charge on any atom is 0.119 e. The maximum absolute atomic E-state index is 6.02. The van der Waals surface area contributed by atoms with Crippen LogP contribution in [0.5, 0.6) is 5.75 Å². The molecule has 0 saturated heterocycles. The zero-order valence-corrected chi connectivity index (χ0v) is 18.8. The van der Waals surface area contributed by atoms with E-state index in [0.29, 0.717) is 6.61 Å². The number of aromatic nitrogens is 2. The molecule has 0 fully saturated rings. The molecule has 4 aromatic rings. The van der Waals surface area contributed by atoms with E-state index in [9.17, 15) is 0 Å². The van der Waals surface area contributed by atoms with E-state index in [1.165, 1.54) is 16.6 Å². The van der Waals surface area contributed by atoms with Gasteiger partial charge in [0.2, 0.25) is 0 Å². The molecule has 0 unspecified atom stereocenters. The van der Waals surface area contributed by atoms with Gasteiger partial charge in [0.15, 0.2) is 0 Å². The predicted octanol–water partition coefficient (Wildman–Crippen LogP) is 6.59. The minimum atomic E-state index is 0.164. The van der Waals surface area contributed by atoms with E-state index in [2.05, 4.69) is 104 Å². The Morgan fingerprint density at radius 1 is 0.806 bits per heavy atom. The summed E-state index contributed by atoms with van der Waals surface area (Å²) in [4.78, 5) is 4.92. The number of rotatable bonds is 8. The molecule has 0 atom stereocenters. The molecule has 0 N–H and O–H groups in total. The fourth-order valence-electron chi connectivity index (χ4n) is 3.93. The number of fused-ring (bicyclic) bond motifs is 1. The van der Waals surface area contributed by atoms with Crippen molar-refractivity contribution < 1.29 is 4.74 Å². The largest absolute Gasteiger partial charge is 0.494 e. The van der Waals surface area contributed by atoms with Gasteiger partial charge in [-0.2, -0.15) is 0 Å². The third kappa shape index (κ3) is 5.35. The summed E-state index contributed by atoms with van der Waals surface area (Å²) < 4.78 is 8.38. The second-order valence-electron chi connectivity index (χ2n) is 9.13. The molecule has 31 heavy (non-hydrogen) atoms. The molecule has 0 saturated carbocycles. The SMILES string of the molecule is CC(C)(C)c1ccc(OCCCn2c(CCc3ccccc3)nc3ccccc32)cc1. The number of benzene rings is 3. The van der Waals surface area contributed by atoms with E-state index < -0.39 is 0 Å². The van der Waals surface area contributed by atoms with Crippen molar-refractivity contribution in [2.45, 2.75) is 52.0 Å². The highest BCUT2D eigenvalue weighted by Gasteiger charge is 2.13. The molecule has 3 heteroatoms. The normalized spacial score (nSPS) is 11.7. The van der Waals surface area contributed by atoms with Crippen molar-refractivity contribution in [3.8, 4) is 5.75 Å². The van der Waals surface area contributed by atoms with Crippen LogP contribution in [0, 0.1) is 0 Å². The second kappa shape index (κ2) is 9.38. The summed E-state index contributed by atoms with van der Waals surface area (Å²) in [5, 5.41) is 0. The van der Waals surface area contributed by atoms with Crippen molar-refractivity contribution in [1.82, 2.24) is 9.55 Å². The third-order valence-corrected chi connectivity index (χ3v) is 5.73. The van der Waals surface area contributed by atoms with E-state index in [0.717, 1.165) is 42.9 Å². The van der Waals surface area contributed by atoms with Crippen LogP contribution in [-0.4, -0.2) is 16.2 Å². The number of hydrogen-bond acceptors (Lipinski definition) is 2. The van der Waals surface area contributed by atoms with Crippen LogP contribution in [0.2, 0.25) is 0 Å². The van der Waals surface area contributed by atoms with E-state index in [1.54, 1.807) is 0 Å². The number of hydrogen-bond donors (Lipinski definition) is 0. The lowest BCUT2D eigenvalue weighted by Crippen LogP contribution is -2.11. The molecular formula is C28H32N2O. The summed E-state index contributed by atoms with van der Waals surface area (Å²) in [6.45, 7) is 8.29. The molecule has 0 aliphatic carbocycles. The number of para-hydroxylation sites is 2. The highest BCUT2D eigenvalue weighted by Crippen LogP contribution is 2.24. The van der Waals surface area contributed by atoms with Crippen molar-refractivity contribution in [1.29, 1.82) is 0 Å². The van der Waals surface area contributed by atoms with Crippen LogP contribution in [0.4, 0.5) is 0 Å². The molecule has 3 aromatic carbocycles. The van der Waals surface area contributed by atoms with Crippen molar-refractivity contribution in [3.63, 3.8) is 0 Å². The van der Waals surface area contributed by atoms with Gasteiger partial charge >= 0.3 is 0 Å². The van der Waals surface area contributed by atoms with Gasteiger partial charge in [-0.05, 0) is 53.6 Å². The molecule has 3 nitrogen and oxygen atoms in total. The second-order valence-corrected chi connectivity index (χ2v) is 9.13. The molecule has 0 aliphatic rings. The van der Waals surface area contributed by atoms with Crippen LogP contribution in [0.1, 0.15) is 44.1 Å². The Bertz CT molecular complexity index is 1110. The van der Waals surface area contributed by atoms with Gasteiger partial charge in [-0.25, -0.2) is 4.98 Å². The standard InChI is InChI=1S/C28H32N2O/c1-28(2,3)23-15-17-24(18-16-23)31-21-9-20-30-26-13-8-7-12-25(26)29-27(30)19-14-22-10-5-4-6-11-22/h4-8,10-13,15-18H,9,14,19-21H2,1-3H3. The molecular weight excluding hydrogens is 380 g/mol. The fourth-order valence-corrected chi connectivity index (χ4v) is 3.93. The van der Waals surface area contributed by atoms with E-state index in [-0.39, 0.29) is 5.41 Å². The Kier molecular flexibility index (Phi) is 6.41. The average molecular weight is 413 g/mol. The number of ether oxygens (including phenoxy) is 1. The molecule has 1 heterocycles. The van der Waals surface area contributed by atoms with Gasteiger partial charge < -0.3 is 9.30 Å². The molecule has 1 aromatic heterocycles. The maximum atomic E-state index is 6.02. The van der Waals surface area contributed by atoms with Gasteiger partial charge in [-0.1, -0.05) is 75.4 Å². The highest BCUT2D eigenvalue weighted by atomic mass is 16.5. The van der Waals surface area contributed by atoms with Gasteiger partial charge in [0.05, 0.1) is 17.6 Å². The lowest BCUT2D eigenvalue weighted by Gasteiger charge is -2.19. The van der Waals surface area contributed by atoms with Crippen LogP contribution in [0.3, 0.4) is 0 Å². The first-order valence-corrected chi connectivity index (χ1v) is 11.2. The molecule has 4 rings (SSSR count). The topological polar surface area (TPSA) is 27.1 Å². The highest BCUT2D eigenvalue weighted by molar-refractivity contribution is 5.75. The van der Waals surface area contributed by atoms with Gasteiger partial charge in [-0.3, -0.25) is 0 Å². The lowest BCUT2D eigenvalue weighted by molar-refractivity contribution is 0.301. The number of imidazole rings is 1. The molecule has 0 radical (unpaired) electrons. The Morgan fingerprint density at radius 3 is 2.26 bits per heavy atom. The van der Waals surface area contributed by atoms with Crippen LogP contribution in [0.15, 0.2) is 78.9 Å². The first kappa shape index (κ1) is 21.2. The van der Waals surface area contributed by atoms with Crippen molar-refractivity contribution in [3.05, 3.63) is 95.8 Å². The quantitative estimate of drug-likeness (QED) is 0.305. The molecule has 0 spiro atoms.